The molecule has 0 aliphatic carbocycles. The van der Waals surface area contributed by atoms with Gasteiger partial charge in [-0.15, -0.1) is 0 Å². The van der Waals surface area contributed by atoms with Crippen LogP contribution in [0.1, 0.15) is 18.1 Å². The normalized spacial score (nSPS) is 10.6. The van der Waals surface area contributed by atoms with Crippen molar-refractivity contribution in [1.82, 2.24) is 0 Å². The van der Waals surface area contributed by atoms with E-state index in [1.807, 2.05) is 0 Å². The molecule has 2 rings (SSSR count). The Kier molecular flexibility index (Phi) is 5.05. The molecule has 0 spiro atoms. The lowest BCUT2D eigenvalue weighted by Gasteiger charge is -2.05. The van der Waals surface area contributed by atoms with E-state index in [0.29, 0.717) is 11.1 Å². The summed E-state index contributed by atoms with van der Waals surface area (Å²) in [5.74, 6) is 4.53. The molecule has 2 nitrogen and oxygen atoms in total. The predicted molar refractivity (Wildman–Crippen MR) is 79.4 cm³/mol. The molecule has 0 saturated carbocycles. The Morgan fingerprint density at radius 1 is 1.00 bits per heavy atom. The van der Waals surface area contributed by atoms with E-state index in [0.717, 1.165) is 0 Å². The minimum atomic E-state index is -0.501. The molecule has 4 heteroatoms. The summed E-state index contributed by atoms with van der Waals surface area (Å²) in [6.45, 7) is 1.27. The number of halogens is 2. The van der Waals surface area contributed by atoms with E-state index in [9.17, 15) is 13.6 Å². The number of benzene rings is 2. The number of hydrogen-bond acceptors (Lipinski definition) is 2. The van der Waals surface area contributed by atoms with Gasteiger partial charge in [-0.25, -0.2) is 8.78 Å². The minimum absolute atomic E-state index is 0.224. The van der Waals surface area contributed by atoms with E-state index in [4.69, 9.17) is 4.74 Å². The quantitative estimate of drug-likeness (QED) is 0.477. The third-order valence-electron chi connectivity index (χ3n) is 2.65. The summed E-state index contributed by atoms with van der Waals surface area (Å²) in [6.07, 6.45) is 1.41. The molecule has 22 heavy (non-hydrogen) atoms. The van der Waals surface area contributed by atoms with Gasteiger partial charge in [0, 0.05) is 24.1 Å². The molecule has 0 radical (unpaired) electrons. The monoisotopic (exact) mass is 298 g/mol. The standard InChI is InChI=1S/C18H12F2O2/c1-13(21)22-18(15-7-11-17(20)12-8-15)4-2-3-14-5-9-16(19)10-6-14/h4-12H,1H3/b18-4-. The molecule has 0 N–H and O–H groups in total. The lowest BCUT2D eigenvalue weighted by molar-refractivity contribution is -0.134. The molecule has 0 aliphatic rings. The summed E-state index contributed by atoms with van der Waals surface area (Å²) >= 11 is 0. The zero-order valence-corrected chi connectivity index (χ0v) is 11.8. The lowest BCUT2D eigenvalue weighted by atomic mass is 10.1. The molecule has 0 fully saturated rings. The maximum atomic E-state index is 12.9. The van der Waals surface area contributed by atoms with Gasteiger partial charge in [-0.3, -0.25) is 4.79 Å². The molecule has 0 saturated heterocycles. The highest BCUT2D eigenvalue weighted by atomic mass is 19.1. The number of rotatable bonds is 2. The second-order valence-electron chi connectivity index (χ2n) is 4.39. The van der Waals surface area contributed by atoms with Crippen LogP contribution in [0.5, 0.6) is 0 Å². The van der Waals surface area contributed by atoms with Crippen molar-refractivity contribution in [2.24, 2.45) is 0 Å². The van der Waals surface area contributed by atoms with E-state index in [-0.39, 0.29) is 17.4 Å². The zero-order valence-electron chi connectivity index (χ0n) is 11.8. The van der Waals surface area contributed by atoms with Gasteiger partial charge in [0.2, 0.25) is 0 Å². The molecule has 2 aromatic rings. The highest BCUT2D eigenvalue weighted by Gasteiger charge is 2.05. The zero-order chi connectivity index (χ0) is 15.9. The van der Waals surface area contributed by atoms with Crippen molar-refractivity contribution in [3.05, 3.63) is 77.4 Å². The Bertz CT molecular complexity index is 748. The summed E-state index contributed by atoms with van der Waals surface area (Å²) in [5, 5.41) is 0. The summed E-state index contributed by atoms with van der Waals surface area (Å²) in [6, 6.07) is 11.2. The molecule has 0 unspecified atom stereocenters. The third-order valence-corrected chi connectivity index (χ3v) is 2.65. The lowest BCUT2D eigenvalue weighted by Crippen LogP contribution is -1.98. The van der Waals surface area contributed by atoms with E-state index in [1.165, 1.54) is 49.4 Å². The summed E-state index contributed by atoms with van der Waals surface area (Å²) in [4.78, 5) is 11.1. The maximum absolute atomic E-state index is 12.9. The molecule has 0 atom stereocenters. The maximum Gasteiger partial charge on any atom is 0.308 e. The number of allylic oxidation sites excluding steroid dienone is 1. The number of carbonyl (C=O) groups is 1. The van der Waals surface area contributed by atoms with Crippen molar-refractivity contribution >= 4 is 11.7 Å². The van der Waals surface area contributed by atoms with E-state index < -0.39 is 5.97 Å². The van der Waals surface area contributed by atoms with Crippen molar-refractivity contribution in [1.29, 1.82) is 0 Å². The Morgan fingerprint density at radius 2 is 1.55 bits per heavy atom. The van der Waals surface area contributed by atoms with Crippen LogP contribution in [-0.4, -0.2) is 5.97 Å². The van der Waals surface area contributed by atoms with Gasteiger partial charge in [0.05, 0.1) is 0 Å². The number of carbonyl (C=O) groups excluding carboxylic acids is 1. The fraction of sp³-hybridized carbons (Fsp3) is 0.0556. The fourth-order valence-electron chi connectivity index (χ4n) is 1.66. The first-order valence-electron chi connectivity index (χ1n) is 6.46. The Balaban J connectivity index is 2.27. The highest BCUT2D eigenvalue weighted by molar-refractivity contribution is 5.77. The van der Waals surface area contributed by atoms with Crippen LogP contribution < -0.4 is 0 Å². The molecule has 110 valence electrons. The van der Waals surface area contributed by atoms with Crippen molar-refractivity contribution in [2.45, 2.75) is 6.92 Å². The van der Waals surface area contributed by atoms with Crippen molar-refractivity contribution in [3.8, 4) is 11.8 Å². The number of ether oxygens (including phenoxy) is 1. The first kappa shape index (κ1) is 15.5. The molecule has 2 aromatic carbocycles. The first-order valence-corrected chi connectivity index (χ1v) is 6.46. The van der Waals surface area contributed by atoms with Crippen molar-refractivity contribution in [3.63, 3.8) is 0 Å². The second-order valence-corrected chi connectivity index (χ2v) is 4.39. The van der Waals surface area contributed by atoms with Crippen LogP contribution in [0.4, 0.5) is 8.78 Å². The summed E-state index contributed by atoms with van der Waals surface area (Å²) < 4.78 is 30.8. The molecule has 0 amide bonds. The van der Waals surface area contributed by atoms with Gasteiger partial charge < -0.3 is 4.74 Å². The minimum Gasteiger partial charge on any atom is -0.425 e. The van der Waals surface area contributed by atoms with Crippen LogP contribution in [0.3, 0.4) is 0 Å². The Morgan fingerprint density at radius 3 is 2.09 bits per heavy atom. The van der Waals surface area contributed by atoms with Gasteiger partial charge in [0.1, 0.15) is 17.4 Å². The molecule has 0 bridgehead atoms. The largest absolute Gasteiger partial charge is 0.425 e. The topological polar surface area (TPSA) is 26.3 Å². The molecule has 0 heterocycles. The van der Waals surface area contributed by atoms with Gasteiger partial charge in [-0.1, -0.05) is 11.8 Å². The smallest absolute Gasteiger partial charge is 0.308 e. The molecule has 0 aromatic heterocycles. The van der Waals surface area contributed by atoms with Gasteiger partial charge >= 0.3 is 5.97 Å². The first-order chi connectivity index (χ1) is 10.5. The predicted octanol–water partition coefficient (Wildman–Crippen LogP) is 3.92. The highest BCUT2D eigenvalue weighted by Crippen LogP contribution is 2.16. The number of hydrogen-bond donors (Lipinski definition) is 0. The van der Waals surface area contributed by atoms with Crippen molar-refractivity contribution in [2.75, 3.05) is 0 Å². The molecular formula is C18H12F2O2. The number of esters is 1. The van der Waals surface area contributed by atoms with Crippen LogP contribution in [0.25, 0.3) is 5.76 Å². The van der Waals surface area contributed by atoms with Crippen LogP contribution in [0.15, 0.2) is 54.6 Å². The van der Waals surface area contributed by atoms with Crippen LogP contribution >= 0.6 is 0 Å². The Hall–Kier alpha value is -2.93. The SMILES string of the molecule is CC(=O)O/C(=C\C#Cc1ccc(F)cc1)c1ccc(F)cc1. The molecule has 0 aliphatic heterocycles. The average Bonchev–Trinajstić information content (AvgIpc) is 2.49. The summed E-state index contributed by atoms with van der Waals surface area (Å²) in [7, 11) is 0. The van der Waals surface area contributed by atoms with Crippen molar-refractivity contribution < 1.29 is 18.3 Å². The molecular weight excluding hydrogens is 286 g/mol. The van der Waals surface area contributed by atoms with Gasteiger partial charge in [-0.2, -0.15) is 0 Å². The van der Waals surface area contributed by atoms with Gasteiger partial charge in [0.25, 0.3) is 0 Å². The van der Waals surface area contributed by atoms with Crippen LogP contribution in [-0.2, 0) is 9.53 Å². The Labute approximate surface area is 127 Å². The van der Waals surface area contributed by atoms with Gasteiger partial charge in [0.15, 0.2) is 0 Å². The average molecular weight is 298 g/mol. The van der Waals surface area contributed by atoms with Crippen LogP contribution in [0.2, 0.25) is 0 Å². The van der Waals surface area contributed by atoms with Gasteiger partial charge in [-0.05, 0) is 48.5 Å². The van der Waals surface area contributed by atoms with E-state index in [2.05, 4.69) is 11.8 Å². The third kappa shape index (κ3) is 4.57. The second kappa shape index (κ2) is 7.19. The van der Waals surface area contributed by atoms with Crippen LogP contribution in [0, 0.1) is 23.5 Å². The van der Waals surface area contributed by atoms with E-state index in [1.54, 1.807) is 12.1 Å². The van der Waals surface area contributed by atoms with E-state index >= 15 is 0 Å². The summed E-state index contributed by atoms with van der Waals surface area (Å²) in [5.41, 5.74) is 1.16. The fourth-order valence-corrected chi connectivity index (χ4v) is 1.66.